The highest BCUT2D eigenvalue weighted by atomic mass is 35.5. The molecule has 0 unspecified atom stereocenters. The van der Waals surface area contributed by atoms with E-state index in [9.17, 15) is 9.59 Å². The predicted molar refractivity (Wildman–Crippen MR) is 141 cm³/mol. The third-order valence-corrected chi connectivity index (χ3v) is 6.02. The summed E-state index contributed by atoms with van der Waals surface area (Å²) >= 11 is 6.39. The maximum Gasteiger partial charge on any atom is 0.258 e. The molecule has 2 aromatic heterocycles. The van der Waals surface area contributed by atoms with Crippen LogP contribution in [-0.4, -0.2) is 22.1 Å². The molecule has 3 aromatic carbocycles. The number of fused-ring (bicyclic) bond motifs is 2. The average molecular weight is 481 g/mol. The van der Waals surface area contributed by atoms with Crippen molar-refractivity contribution in [2.24, 2.45) is 0 Å². The van der Waals surface area contributed by atoms with E-state index in [1.165, 1.54) is 16.7 Å². The van der Waals surface area contributed by atoms with Crippen molar-refractivity contribution in [1.82, 2.24) is 9.55 Å². The lowest BCUT2D eigenvalue weighted by Gasteiger charge is -2.11. The minimum atomic E-state index is -0.464. The first-order valence-electron chi connectivity index (χ1n) is 11.2. The van der Waals surface area contributed by atoms with Crippen molar-refractivity contribution < 1.29 is 9.53 Å². The largest absolute Gasteiger partial charge is 0.494 e. The highest BCUT2D eigenvalue weighted by Gasteiger charge is 2.14. The topological polar surface area (TPSA) is 61.2 Å². The summed E-state index contributed by atoms with van der Waals surface area (Å²) in [6, 6.07) is 26.0. The lowest BCUT2D eigenvalue weighted by molar-refractivity contribution is 0.0971. The third kappa shape index (κ3) is 4.46. The van der Waals surface area contributed by atoms with Gasteiger partial charge in [0.15, 0.2) is 0 Å². The van der Waals surface area contributed by atoms with Crippen LogP contribution >= 0.6 is 11.6 Å². The number of carbonyl (C=O) groups is 1. The number of hydrogen-bond acceptors (Lipinski definition) is 4. The number of carbonyl (C=O) groups excluding carboxylic acids is 1. The Hall–Kier alpha value is -4.22. The Morgan fingerprint density at radius 1 is 1.00 bits per heavy atom. The van der Waals surface area contributed by atoms with E-state index in [-0.39, 0.29) is 5.15 Å². The van der Waals surface area contributed by atoms with Gasteiger partial charge in [-0.05, 0) is 48.4 Å². The molecule has 0 bridgehead atoms. The first kappa shape index (κ1) is 22.6. The highest BCUT2D eigenvalue weighted by molar-refractivity contribution is 6.31. The summed E-state index contributed by atoms with van der Waals surface area (Å²) in [4.78, 5) is 30.7. The molecule has 0 amide bonds. The van der Waals surface area contributed by atoms with Crippen LogP contribution in [0.2, 0.25) is 5.15 Å². The normalized spacial score (nSPS) is 11.4. The van der Waals surface area contributed by atoms with E-state index in [2.05, 4.69) is 4.98 Å². The van der Waals surface area contributed by atoms with Gasteiger partial charge in [-0.1, -0.05) is 60.1 Å². The molecule has 0 atom stereocenters. The number of benzene rings is 3. The average Bonchev–Trinajstić information content (AvgIpc) is 2.87. The van der Waals surface area contributed by atoms with E-state index in [1.807, 2.05) is 79.7 Å². The monoisotopic (exact) mass is 480 g/mol. The Labute approximate surface area is 206 Å². The molecule has 0 aliphatic rings. The van der Waals surface area contributed by atoms with E-state index in [0.29, 0.717) is 29.0 Å². The number of para-hydroxylation sites is 1. The number of hydrogen-bond donors (Lipinski definition) is 0. The lowest BCUT2D eigenvalue weighted by Crippen LogP contribution is -2.25. The van der Waals surface area contributed by atoms with Crippen LogP contribution in [0.25, 0.3) is 39.0 Å². The fraction of sp³-hybridized carbons (Fsp3) is 0.0690. The number of allylic oxidation sites excluding steroid dienone is 1. The van der Waals surface area contributed by atoms with Gasteiger partial charge in [0.05, 0.1) is 17.6 Å². The van der Waals surface area contributed by atoms with E-state index in [1.54, 1.807) is 12.1 Å². The van der Waals surface area contributed by atoms with Crippen molar-refractivity contribution in [2.75, 3.05) is 6.61 Å². The Morgan fingerprint density at radius 2 is 1.77 bits per heavy atom. The van der Waals surface area contributed by atoms with Crippen LogP contribution in [0.3, 0.4) is 0 Å². The third-order valence-electron chi connectivity index (χ3n) is 5.71. The molecule has 0 saturated heterocycles. The molecule has 172 valence electrons. The number of ether oxygens (including phenoxy) is 1. The van der Waals surface area contributed by atoms with Crippen molar-refractivity contribution in [1.29, 1.82) is 0 Å². The molecule has 0 aliphatic carbocycles. The van der Waals surface area contributed by atoms with Crippen LogP contribution in [0, 0.1) is 0 Å². The second kappa shape index (κ2) is 9.57. The maximum absolute atomic E-state index is 13.2. The van der Waals surface area contributed by atoms with Crippen LogP contribution < -0.4 is 10.3 Å². The minimum Gasteiger partial charge on any atom is -0.494 e. The zero-order valence-electron chi connectivity index (χ0n) is 18.9. The Kier molecular flexibility index (Phi) is 6.17. The summed E-state index contributed by atoms with van der Waals surface area (Å²) in [5, 5.41) is 1.93. The second-order valence-electron chi connectivity index (χ2n) is 7.94. The molecule has 0 fully saturated rings. The minimum absolute atomic E-state index is 0.256. The van der Waals surface area contributed by atoms with Gasteiger partial charge in [-0.3, -0.25) is 9.59 Å². The van der Waals surface area contributed by atoms with Crippen LogP contribution in [0.5, 0.6) is 5.75 Å². The molecule has 0 spiro atoms. The molecule has 5 rings (SSSR count). The van der Waals surface area contributed by atoms with Crippen molar-refractivity contribution in [3.8, 4) is 16.9 Å². The first-order chi connectivity index (χ1) is 17.0. The molecule has 2 heterocycles. The second-order valence-corrected chi connectivity index (χ2v) is 8.30. The predicted octanol–water partition coefficient (Wildman–Crippen LogP) is 6.62. The molecule has 0 aliphatic heterocycles. The Balaban J connectivity index is 1.54. The molecule has 6 heteroatoms. The fourth-order valence-corrected chi connectivity index (χ4v) is 4.32. The Bertz CT molecular complexity index is 1660. The Morgan fingerprint density at radius 3 is 2.57 bits per heavy atom. The molecule has 0 saturated carbocycles. The molecule has 0 radical (unpaired) electrons. The number of halogens is 1. The van der Waals surface area contributed by atoms with E-state index >= 15 is 0 Å². The van der Waals surface area contributed by atoms with E-state index in [0.717, 1.165) is 21.9 Å². The van der Waals surface area contributed by atoms with E-state index < -0.39 is 11.5 Å². The van der Waals surface area contributed by atoms with Gasteiger partial charge in [0.2, 0.25) is 0 Å². The summed E-state index contributed by atoms with van der Waals surface area (Å²) < 4.78 is 6.70. The lowest BCUT2D eigenvalue weighted by atomic mass is 10.0. The van der Waals surface area contributed by atoms with Gasteiger partial charge in [0, 0.05) is 34.5 Å². The summed E-state index contributed by atoms with van der Waals surface area (Å²) in [5.41, 5.74) is 3.12. The van der Waals surface area contributed by atoms with Gasteiger partial charge >= 0.3 is 0 Å². The zero-order valence-corrected chi connectivity index (χ0v) is 19.7. The molecular formula is C29H21ClN2O3. The number of pyridine rings is 2. The van der Waals surface area contributed by atoms with Crippen LogP contribution in [0.1, 0.15) is 17.3 Å². The number of aromatic nitrogens is 2. The van der Waals surface area contributed by atoms with Crippen molar-refractivity contribution in [2.45, 2.75) is 6.92 Å². The first-order valence-corrected chi connectivity index (χ1v) is 11.6. The summed E-state index contributed by atoms with van der Waals surface area (Å²) in [6.45, 7) is 2.47. The van der Waals surface area contributed by atoms with Crippen LogP contribution in [0.4, 0.5) is 0 Å². The standard InChI is InChI=1S/C29H21ClN2O3/c1-2-35-22-14-12-20-16-21(29(30)31-25(20)17-22)13-15-27(33)32-26-11-7-6-10-23(26)24(18-28(32)34)19-8-4-3-5-9-19/h3-18H,2H2,1H3. The summed E-state index contributed by atoms with van der Waals surface area (Å²) in [6.07, 6.45) is 2.93. The van der Waals surface area contributed by atoms with Gasteiger partial charge in [0.25, 0.3) is 11.5 Å². The van der Waals surface area contributed by atoms with Crippen molar-refractivity contribution in [3.63, 3.8) is 0 Å². The van der Waals surface area contributed by atoms with Crippen molar-refractivity contribution >= 4 is 45.4 Å². The van der Waals surface area contributed by atoms with Gasteiger partial charge in [-0.2, -0.15) is 0 Å². The summed E-state index contributed by atoms with van der Waals surface area (Å²) in [7, 11) is 0. The molecule has 5 aromatic rings. The highest BCUT2D eigenvalue weighted by Crippen LogP contribution is 2.28. The van der Waals surface area contributed by atoms with Gasteiger partial charge < -0.3 is 4.74 Å². The number of rotatable bonds is 5. The van der Waals surface area contributed by atoms with Crippen LogP contribution in [0.15, 0.2) is 95.8 Å². The molecular weight excluding hydrogens is 460 g/mol. The van der Waals surface area contributed by atoms with Crippen molar-refractivity contribution in [3.05, 3.63) is 112 Å². The maximum atomic E-state index is 13.2. The van der Waals surface area contributed by atoms with Gasteiger partial charge in [-0.15, -0.1) is 0 Å². The number of nitrogens with zero attached hydrogens (tertiary/aromatic N) is 2. The van der Waals surface area contributed by atoms with Crippen LogP contribution in [-0.2, 0) is 0 Å². The SMILES string of the molecule is CCOc1ccc2cc(C=CC(=O)n3c(=O)cc(-c4ccccc4)c4ccccc43)c(Cl)nc2c1. The van der Waals surface area contributed by atoms with E-state index in [4.69, 9.17) is 16.3 Å². The molecule has 5 nitrogen and oxygen atoms in total. The van der Waals surface area contributed by atoms with Gasteiger partial charge in [-0.25, -0.2) is 9.55 Å². The summed E-state index contributed by atoms with van der Waals surface area (Å²) in [5.74, 6) is 0.251. The molecule has 0 N–H and O–H groups in total. The smallest absolute Gasteiger partial charge is 0.258 e. The quantitative estimate of drug-likeness (QED) is 0.209. The molecule has 35 heavy (non-hydrogen) atoms. The fourth-order valence-electron chi connectivity index (χ4n) is 4.11. The van der Waals surface area contributed by atoms with Gasteiger partial charge in [0.1, 0.15) is 10.9 Å². The zero-order chi connectivity index (χ0) is 24.4.